The molecule has 0 atom stereocenters. The molecular weight excluding hydrogens is 501 g/mol. The third-order valence-corrected chi connectivity index (χ3v) is 10.2. The lowest BCUT2D eigenvalue weighted by molar-refractivity contribution is 1.19. The zero-order valence-corrected chi connectivity index (χ0v) is 21.9. The Balaban J connectivity index is 1.40. The van der Waals surface area contributed by atoms with Crippen LogP contribution in [0.4, 0.5) is 5.69 Å². The summed E-state index contributed by atoms with van der Waals surface area (Å²) in [5.41, 5.74) is 10.6. The van der Waals surface area contributed by atoms with Crippen molar-refractivity contribution >= 4 is 101 Å². The van der Waals surface area contributed by atoms with E-state index in [4.69, 9.17) is 5.73 Å². The molecule has 38 heavy (non-hydrogen) atoms. The van der Waals surface area contributed by atoms with Crippen molar-refractivity contribution in [2.24, 2.45) is 0 Å². The second-order valence-corrected chi connectivity index (χ2v) is 12.2. The van der Waals surface area contributed by atoms with Gasteiger partial charge in [-0.15, -0.1) is 22.7 Å². The second-order valence-electron chi connectivity index (χ2n) is 10.0. The molecule has 9 rings (SSSR count). The highest BCUT2D eigenvalue weighted by atomic mass is 32.1. The molecule has 0 unspecified atom stereocenters. The van der Waals surface area contributed by atoms with Crippen molar-refractivity contribution in [3.05, 3.63) is 109 Å². The minimum Gasteiger partial charge on any atom is -0.399 e. The number of aromatic nitrogens is 1. The van der Waals surface area contributed by atoms with Gasteiger partial charge >= 0.3 is 0 Å². The van der Waals surface area contributed by atoms with Gasteiger partial charge in [-0.1, -0.05) is 60.7 Å². The highest BCUT2D eigenvalue weighted by Gasteiger charge is 2.16. The minimum absolute atomic E-state index is 0.811. The number of hydrogen-bond acceptors (Lipinski definition) is 3. The summed E-state index contributed by atoms with van der Waals surface area (Å²) in [6.45, 7) is 0. The second kappa shape index (κ2) is 7.35. The van der Waals surface area contributed by atoms with E-state index in [-0.39, 0.29) is 0 Å². The van der Waals surface area contributed by atoms with Crippen molar-refractivity contribution in [2.45, 2.75) is 0 Å². The van der Waals surface area contributed by atoms with Gasteiger partial charge in [0.05, 0.1) is 11.0 Å². The van der Waals surface area contributed by atoms with E-state index in [1.54, 1.807) is 0 Å². The fourth-order valence-electron chi connectivity index (χ4n) is 6.17. The highest BCUT2D eigenvalue weighted by molar-refractivity contribution is 7.26. The van der Waals surface area contributed by atoms with Crippen LogP contribution in [0, 0.1) is 0 Å². The Bertz CT molecular complexity index is 2420. The monoisotopic (exact) mass is 520 g/mol. The molecule has 0 aliphatic carbocycles. The van der Waals surface area contributed by atoms with Crippen molar-refractivity contribution in [3.8, 4) is 5.69 Å². The summed E-state index contributed by atoms with van der Waals surface area (Å²) < 4.78 is 7.65. The lowest BCUT2D eigenvalue weighted by Crippen LogP contribution is -1.93. The molecular formula is C34H20N2S2. The average molecular weight is 521 g/mol. The van der Waals surface area contributed by atoms with E-state index in [9.17, 15) is 0 Å². The predicted molar refractivity (Wildman–Crippen MR) is 168 cm³/mol. The van der Waals surface area contributed by atoms with Crippen LogP contribution in [0.5, 0.6) is 0 Å². The third kappa shape index (κ3) is 2.71. The summed E-state index contributed by atoms with van der Waals surface area (Å²) in [4.78, 5) is 0. The van der Waals surface area contributed by atoms with E-state index in [1.807, 2.05) is 28.7 Å². The Morgan fingerprint density at radius 1 is 0.474 bits per heavy atom. The summed E-state index contributed by atoms with van der Waals surface area (Å²) in [6, 6.07) is 40.0. The van der Waals surface area contributed by atoms with Crippen LogP contribution in [0.25, 0.3) is 78.6 Å². The van der Waals surface area contributed by atoms with E-state index in [0.717, 1.165) is 5.69 Å². The van der Waals surface area contributed by atoms with Crippen LogP contribution in [0.15, 0.2) is 109 Å². The molecule has 2 nitrogen and oxygen atoms in total. The number of para-hydroxylation sites is 1. The summed E-state index contributed by atoms with van der Waals surface area (Å²) in [5, 5.41) is 10.4. The molecule has 0 bridgehead atoms. The molecule has 178 valence electrons. The number of nitrogens with two attached hydrogens (primary N) is 1. The van der Waals surface area contributed by atoms with E-state index in [1.165, 1.54) is 78.6 Å². The van der Waals surface area contributed by atoms with Crippen molar-refractivity contribution < 1.29 is 0 Å². The van der Waals surface area contributed by atoms with E-state index in [0.29, 0.717) is 0 Å². The van der Waals surface area contributed by atoms with Gasteiger partial charge in [-0.05, 0) is 53.9 Å². The number of anilines is 1. The van der Waals surface area contributed by atoms with Crippen LogP contribution in [0.1, 0.15) is 0 Å². The lowest BCUT2D eigenvalue weighted by Gasteiger charge is -2.09. The molecule has 4 heteroatoms. The van der Waals surface area contributed by atoms with Crippen LogP contribution < -0.4 is 5.73 Å². The normalized spacial score (nSPS) is 12.3. The highest BCUT2D eigenvalue weighted by Crippen LogP contribution is 2.42. The van der Waals surface area contributed by atoms with Gasteiger partial charge in [-0.3, -0.25) is 0 Å². The standard InChI is InChI=1S/C34H20N2S2/c35-20-10-13-24-25-14-11-21(17-33(25)37-32(24)16-20)36-29-7-3-1-5-22(29)28-15-19-9-12-26-23-6-2-4-8-31(23)38-34(26)27(19)18-30(28)36/h1-18H,35H2. The smallest absolute Gasteiger partial charge is 0.0547 e. The number of nitrogen functional groups attached to an aromatic ring is 1. The molecule has 0 saturated carbocycles. The summed E-state index contributed by atoms with van der Waals surface area (Å²) in [7, 11) is 0. The number of hydrogen-bond donors (Lipinski definition) is 1. The zero-order chi connectivity index (χ0) is 25.0. The topological polar surface area (TPSA) is 30.9 Å². The molecule has 0 saturated heterocycles. The Hall–Kier alpha value is -4.38. The van der Waals surface area contributed by atoms with Crippen LogP contribution >= 0.6 is 22.7 Å². The molecule has 0 fully saturated rings. The van der Waals surface area contributed by atoms with Gasteiger partial charge in [0.1, 0.15) is 0 Å². The summed E-state index contributed by atoms with van der Waals surface area (Å²) >= 11 is 3.71. The van der Waals surface area contributed by atoms with Crippen LogP contribution in [0.2, 0.25) is 0 Å². The van der Waals surface area contributed by atoms with Crippen molar-refractivity contribution in [1.29, 1.82) is 0 Å². The van der Waals surface area contributed by atoms with Crippen LogP contribution in [-0.2, 0) is 0 Å². The Kier molecular flexibility index (Phi) is 3.99. The SMILES string of the molecule is Nc1ccc2c(c1)sc1cc(-n3c4ccccc4c4cc5ccc6c7ccccc7sc6c5cc43)ccc12. The minimum atomic E-state index is 0.811. The molecule has 0 radical (unpaired) electrons. The first-order valence-electron chi connectivity index (χ1n) is 12.7. The summed E-state index contributed by atoms with van der Waals surface area (Å²) in [6.07, 6.45) is 0. The Labute approximate surface area is 225 Å². The van der Waals surface area contributed by atoms with Gasteiger partial charge in [-0.2, -0.15) is 0 Å². The number of fused-ring (bicyclic) bond motifs is 11. The number of nitrogens with zero attached hydrogens (tertiary/aromatic N) is 1. The Morgan fingerprint density at radius 2 is 1.21 bits per heavy atom. The van der Waals surface area contributed by atoms with Crippen LogP contribution in [-0.4, -0.2) is 4.57 Å². The van der Waals surface area contributed by atoms with Crippen LogP contribution in [0.3, 0.4) is 0 Å². The largest absolute Gasteiger partial charge is 0.399 e. The molecule has 3 aromatic heterocycles. The fourth-order valence-corrected chi connectivity index (χ4v) is 8.59. The molecule has 3 heterocycles. The van der Waals surface area contributed by atoms with E-state index < -0.39 is 0 Å². The van der Waals surface area contributed by atoms with Gasteiger partial charge in [0.2, 0.25) is 0 Å². The molecule has 0 aliphatic heterocycles. The molecule has 0 aliphatic rings. The number of benzene rings is 6. The maximum atomic E-state index is 6.09. The zero-order valence-electron chi connectivity index (χ0n) is 20.2. The fraction of sp³-hybridized carbons (Fsp3) is 0. The molecule has 9 aromatic rings. The molecule has 6 aromatic carbocycles. The van der Waals surface area contributed by atoms with E-state index >= 15 is 0 Å². The van der Waals surface area contributed by atoms with Crippen molar-refractivity contribution in [2.75, 3.05) is 5.73 Å². The maximum absolute atomic E-state index is 6.09. The summed E-state index contributed by atoms with van der Waals surface area (Å²) in [5.74, 6) is 0. The quantitative estimate of drug-likeness (QED) is 0.214. The average Bonchev–Trinajstić information content (AvgIpc) is 3.60. The Morgan fingerprint density at radius 3 is 2.13 bits per heavy atom. The van der Waals surface area contributed by atoms with Gasteiger partial charge in [-0.25, -0.2) is 0 Å². The van der Waals surface area contributed by atoms with Gasteiger partial charge < -0.3 is 10.3 Å². The van der Waals surface area contributed by atoms with E-state index in [2.05, 4.69) is 108 Å². The predicted octanol–water partition coefficient (Wildman–Crippen LogP) is 10.3. The molecule has 2 N–H and O–H groups in total. The van der Waals surface area contributed by atoms with Gasteiger partial charge in [0.15, 0.2) is 0 Å². The first-order chi connectivity index (χ1) is 18.7. The molecule has 0 spiro atoms. The first-order valence-corrected chi connectivity index (χ1v) is 14.4. The molecule has 0 amide bonds. The van der Waals surface area contributed by atoms with Gasteiger partial charge in [0.25, 0.3) is 0 Å². The van der Waals surface area contributed by atoms with Crippen molar-refractivity contribution in [3.63, 3.8) is 0 Å². The maximum Gasteiger partial charge on any atom is 0.0547 e. The first kappa shape index (κ1) is 20.7. The van der Waals surface area contributed by atoms with Crippen molar-refractivity contribution in [1.82, 2.24) is 4.57 Å². The number of thiophene rings is 2. The van der Waals surface area contributed by atoms with Gasteiger partial charge in [0, 0.05) is 67.9 Å². The number of rotatable bonds is 1. The third-order valence-electron chi connectivity index (χ3n) is 7.89. The lowest BCUT2D eigenvalue weighted by atomic mass is 10.0.